The van der Waals surface area contributed by atoms with Gasteiger partial charge in [0.25, 0.3) is 0 Å². The maximum Gasteiger partial charge on any atom is 0.0728 e. The van der Waals surface area contributed by atoms with Crippen molar-refractivity contribution in [2.24, 2.45) is 0 Å². The zero-order valence-corrected chi connectivity index (χ0v) is 7.21. The van der Waals surface area contributed by atoms with E-state index >= 15 is 0 Å². The summed E-state index contributed by atoms with van der Waals surface area (Å²) in [6.07, 6.45) is 0. The third-order valence-corrected chi connectivity index (χ3v) is 2.06. The van der Waals surface area contributed by atoms with Gasteiger partial charge >= 0.3 is 0 Å². The average Bonchev–Trinajstić information content (AvgIpc) is 2.00. The Hall–Kier alpha value is -1.02. The van der Waals surface area contributed by atoms with Gasteiger partial charge in [-0.15, -0.1) is 0 Å². The Balaban J connectivity index is 1.98. The van der Waals surface area contributed by atoms with Crippen molar-refractivity contribution in [2.45, 2.75) is 13.0 Å². The standard InChI is InChI=1S/C10H13NO/c1-8-2-4-9(5-3-8)11-10-6-12-7-10/h2-5,10-11H,6-7H2,1H3. The number of ether oxygens (including phenoxy) is 1. The zero-order valence-electron chi connectivity index (χ0n) is 7.21. The summed E-state index contributed by atoms with van der Waals surface area (Å²) in [5.41, 5.74) is 2.49. The molecule has 1 N–H and O–H groups in total. The first kappa shape index (κ1) is 7.62. The van der Waals surface area contributed by atoms with Gasteiger partial charge in [-0.05, 0) is 19.1 Å². The Morgan fingerprint density at radius 3 is 2.42 bits per heavy atom. The summed E-state index contributed by atoms with van der Waals surface area (Å²) in [4.78, 5) is 0. The molecular formula is C10H13NO. The van der Waals surface area contributed by atoms with Crippen LogP contribution in [0.25, 0.3) is 0 Å². The second-order valence-electron chi connectivity index (χ2n) is 3.24. The molecule has 12 heavy (non-hydrogen) atoms. The number of nitrogens with one attached hydrogen (secondary N) is 1. The van der Waals surface area contributed by atoms with Crippen molar-refractivity contribution < 1.29 is 4.74 Å². The zero-order chi connectivity index (χ0) is 8.39. The highest BCUT2D eigenvalue weighted by Crippen LogP contribution is 2.13. The highest BCUT2D eigenvalue weighted by Gasteiger charge is 2.17. The van der Waals surface area contributed by atoms with E-state index in [2.05, 4.69) is 36.5 Å². The van der Waals surface area contributed by atoms with Crippen LogP contribution < -0.4 is 5.32 Å². The van der Waals surface area contributed by atoms with Crippen molar-refractivity contribution >= 4 is 5.69 Å². The molecule has 0 bridgehead atoms. The Bertz CT molecular complexity index is 251. The van der Waals surface area contributed by atoms with Gasteiger partial charge in [-0.1, -0.05) is 17.7 Å². The van der Waals surface area contributed by atoms with Gasteiger partial charge in [-0.3, -0.25) is 0 Å². The minimum Gasteiger partial charge on any atom is -0.378 e. The Morgan fingerprint density at radius 2 is 1.92 bits per heavy atom. The molecule has 2 rings (SSSR count). The van der Waals surface area contributed by atoms with Crippen molar-refractivity contribution in [3.8, 4) is 0 Å². The first-order valence-corrected chi connectivity index (χ1v) is 4.25. The number of rotatable bonds is 2. The Morgan fingerprint density at radius 1 is 1.25 bits per heavy atom. The number of hydrogen-bond acceptors (Lipinski definition) is 2. The molecule has 2 nitrogen and oxygen atoms in total. The summed E-state index contributed by atoms with van der Waals surface area (Å²) in [7, 11) is 0. The van der Waals surface area contributed by atoms with E-state index in [4.69, 9.17) is 4.74 Å². The van der Waals surface area contributed by atoms with E-state index in [0.717, 1.165) is 13.2 Å². The Labute approximate surface area is 72.5 Å². The molecule has 0 atom stereocenters. The first-order valence-electron chi connectivity index (χ1n) is 4.25. The summed E-state index contributed by atoms with van der Waals surface area (Å²) in [6, 6.07) is 8.96. The number of hydrogen-bond donors (Lipinski definition) is 1. The van der Waals surface area contributed by atoms with Crippen molar-refractivity contribution in [3.05, 3.63) is 29.8 Å². The Kier molecular flexibility index (Phi) is 2.00. The van der Waals surface area contributed by atoms with Crippen LogP contribution in [0, 0.1) is 6.92 Å². The molecule has 0 spiro atoms. The average molecular weight is 163 g/mol. The smallest absolute Gasteiger partial charge is 0.0728 e. The van der Waals surface area contributed by atoms with Gasteiger partial charge in [0.05, 0.1) is 19.3 Å². The maximum absolute atomic E-state index is 5.07. The van der Waals surface area contributed by atoms with Crippen molar-refractivity contribution in [3.63, 3.8) is 0 Å². The van der Waals surface area contributed by atoms with Crippen molar-refractivity contribution in [1.29, 1.82) is 0 Å². The van der Waals surface area contributed by atoms with E-state index < -0.39 is 0 Å². The second kappa shape index (κ2) is 3.15. The molecule has 1 aliphatic heterocycles. The van der Waals surface area contributed by atoms with Crippen LogP contribution >= 0.6 is 0 Å². The lowest BCUT2D eigenvalue weighted by Gasteiger charge is -2.27. The molecule has 0 radical (unpaired) electrons. The molecule has 1 fully saturated rings. The molecule has 0 aromatic heterocycles. The van der Waals surface area contributed by atoms with Gasteiger partial charge < -0.3 is 10.1 Å². The molecule has 1 aromatic carbocycles. The SMILES string of the molecule is Cc1ccc(NC2COC2)cc1. The highest BCUT2D eigenvalue weighted by molar-refractivity contribution is 5.45. The molecule has 1 saturated heterocycles. The molecule has 0 unspecified atom stereocenters. The van der Waals surface area contributed by atoms with Crippen LogP contribution in [0.3, 0.4) is 0 Å². The number of benzene rings is 1. The van der Waals surface area contributed by atoms with Crippen molar-refractivity contribution in [1.82, 2.24) is 0 Å². The third-order valence-electron chi connectivity index (χ3n) is 2.06. The van der Waals surface area contributed by atoms with Crippen LogP contribution in [0.5, 0.6) is 0 Å². The van der Waals surface area contributed by atoms with Crippen LogP contribution in [-0.4, -0.2) is 19.3 Å². The van der Waals surface area contributed by atoms with Crippen LogP contribution in [0.2, 0.25) is 0 Å². The summed E-state index contributed by atoms with van der Waals surface area (Å²) in [5, 5.41) is 3.38. The summed E-state index contributed by atoms with van der Waals surface area (Å²) in [6.45, 7) is 3.78. The summed E-state index contributed by atoms with van der Waals surface area (Å²) >= 11 is 0. The number of aryl methyl sites for hydroxylation is 1. The topological polar surface area (TPSA) is 21.3 Å². The summed E-state index contributed by atoms with van der Waals surface area (Å²) < 4.78 is 5.07. The van der Waals surface area contributed by atoms with E-state index in [0.29, 0.717) is 6.04 Å². The molecule has 0 amide bonds. The van der Waals surface area contributed by atoms with Gasteiger partial charge in [0, 0.05) is 5.69 Å². The van der Waals surface area contributed by atoms with Crippen molar-refractivity contribution in [2.75, 3.05) is 18.5 Å². The van der Waals surface area contributed by atoms with E-state index in [-0.39, 0.29) is 0 Å². The molecule has 64 valence electrons. The monoisotopic (exact) mass is 163 g/mol. The van der Waals surface area contributed by atoms with E-state index in [9.17, 15) is 0 Å². The van der Waals surface area contributed by atoms with Crippen LogP contribution in [0.4, 0.5) is 5.69 Å². The molecule has 1 aliphatic rings. The van der Waals surface area contributed by atoms with Crippen LogP contribution in [0.15, 0.2) is 24.3 Å². The molecule has 1 aromatic rings. The van der Waals surface area contributed by atoms with E-state index in [1.807, 2.05) is 0 Å². The molecular weight excluding hydrogens is 150 g/mol. The van der Waals surface area contributed by atoms with Gasteiger partial charge in [-0.2, -0.15) is 0 Å². The first-order chi connectivity index (χ1) is 5.84. The van der Waals surface area contributed by atoms with E-state index in [1.54, 1.807) is 0 Å². The normalized spacial score (nSPS) is 17.1. The fourth-order valence-corrected chi connectivity index (χ4v) is 1.20. The molecule has 2 heteroatoms. The molecule has 0 aliphatic carbocycles. The minimum absolute atomic E-state index is 0.521. The largest absolute Gasteiger partial charge is 0.378 e. The predicted octanol–water partition coefficient (Wildman–Crippen LogP) is 1.81. The van der Waals surface area contributed by atoms with Crippen LogP contribution in [0.1, 0.15) is 5.56 Å². The third kappa shape index (κ3) is 1.59. The predicted molar refractivity (Wildman–Crippen MR) is 49.4 cm³/mol. The maximum atomic E-state index is 5.07. The van der Waals surface area contributed by atoms with E-state index in [1.165, 1.54) is 11.3 Å². The fourth-order valence-electron chi connectivity index (χ4n) is 1.20. The fraction of sp³-hybridized carbons (Fsp3) is 0.400. The second-order valence-corrected chi connectivity index (χ2v) is 3.24. The number of anilines is 1. The lowest BCUT2D eigenvalue weighted by Crippen LogP contribution is -2.40. The lowest BCUT2D eigenvalue weighted by molar-refractivity contribution is 0.0211. The summed E-state index contributed by atoms with van der Waals surface area (Å²) in [5.74, 6) is 0. The van der Waals surface area contributed by atoms with Gasteiger partial charge in [0.15, 0.2) is 0 Å². The quantitative estimate of drug-likeness (QED) is 0.718. The van der Waals surface area contributed by atoms with Gasteiger partial charge in [-0.25, -0.2) is 0 Å². The van der Waals surface area contributed by atoms with Crippen LogP contribution in [-0.2, 0) is 4.74 Å². The lowest BCUT2D eigenvalue weighted by atomic mass is 10.2. The van der Waals surface area contributed by atoms with Gasteiger partial charge in [0.1, 0.15) is 0 Å². The van der Waals surface area contributed by atoms with Gasteiger partial charge in [0.2, 0.25) is 0 Å². The highest BCUT2D eigenvalue weighted by atomic mass is 16.5. The minimum atomic E-state index is 0.521. The molecule has 0 saturated carbocycles. The molecule has 1 heterocycles.